The van der Waals surface area contributed by atoms with E-state index in [2.05, 4.69) is 13.8 Å². The molecule has 0 aliphatic carbocycles. The van der Waals surface area contributed by atoms with Crippen LogP contribution in [0.25, 0.3) is 0 Å². The Kier molecular flexibility index (Phi) is 3.70. The zero-order valence-corrected chi connectivity index (χ0v) is 9.43. The molecule has 0 bridgehead atoms. The lowest BCUT2D eigenvalue weighted by Gasteiger charge is -2.24. The Morgan fingerprint density at radius 1 is 1.29 bits per heavy atom. The van der Waals surface area contributed by atoms with Crippen LogP contribution in [-0.2, 0) is 0 Å². The van der Waals surface area contributed by atoms with Crippen LogP contribution in [0.3, 0.4) is 0 Å². The Labute approximate surface area is 90.6 Å². The largest absolute Gasteiger partial charge is 0.304 e. The molecule has 0 aromatic heterocycles. The number of hydrogen-bond acceptors (Lipinski definition) is 1. The molecule has 0 fully saturated rings. The van der Waals surface area contributed by atoms with Gasteiger partial charge in [-0.15, -0.1) is 11.6 Å². The summed E-state index contributed by atoms with van der Waals surface area (Å²) in [4.78, 5) is 0. The highest BCUT2D eigenvalue weighted by Crippen LogP contribution is 2.26. The van der Waals surface area contributed by atoms with Gasteiger partial charge in [0.25, 0.3) is 0 Å². The zero-order chi connectivity index (χ0) is 10.6. The van der Waals surface area contributed by atoms with Gasteiger partial charge < -0.3 is 5.41 Å². The van der Waals surface area contributed by atoms with Gasteiger partial charge in [0, 0.05) is 17.0 Å². The van der Waals surface area contributed by atoms with E-state index >= 15 is 0 Å². The molecule has 0 heterocycles. The molecule has 2 heteroatoms. The standard InChI is InChI=1S/C12H16ClN/c1-12(2,8-9-13)11(14)10-6-4-3-5-7-10/h3-7,14H,8-9H2,1-2H3. The summed E-state index contributed by atoms with van der Waals surface area (Å²) in [6.07, 6.45) is 0.836. The highest BCUT2D eigenvalue weighted by molar-refractivity contribution is 6.18. The molecule has 14 heavy (non-hydrogen) atoms. The van der Waals surface area contributed by atoms with E-state index in [0.29, 0.717) is 11.6 Å². The molecule has 0 spiro atoms. The van der Waals surface area contributed by atoms with Gasteiger partial charge in [0.15, 0.2) is 0 Å². The quantitative estimate of drug-likeness (QED) is 0.578. The monoisotopic (exact) mass is 209 g/mol. The first kappa shape index (κ1) is 11.3. The van der Waals surface area contributed by atoms with Crippen LogP contribution < -0.4 is 0 Å². The first-order valence-corrected chi connectivity index (χ1v) is 5.32. The second-order valence-electron chi connectivity index (χ2n) is 4.06. The van der Waals surface area contributed by atoms with Crippen molar-refractivity contribution in [1.82, 2.24) is 0 Å². The van der Waals surface area contributed by atoms with Crippen molar-refractivity contribution in [3.63, 3.8) is 0 Å². The van der Waals surface area contributed by atoms with Crippen molar-refractivity contribution in [3.05, 3.63) is 35.9 Å². The van der Waals surface area contributed by atoms with Gasteiger partial charge in [-0.1, -0.05) is 44.2 Å². The first-order chi connectivity index (χ1) is 6.58. The molecule has 0 saturated carbocycles. The molecule has 0 radical (unpaired) electrons. The summed E-state index contributed by atoms with van der Waals surface area (Å²) in [5.41, 5.74) is 1.52. The first-order valence-electron chi connectivity index (χ1n) is 4.78. The van der Waals surface area contributed by atoms with Gasteiger partial charge in [-0.05, 0) is 12.0 Å². The third-order valence-electron chi connectivity index (χ3n) is 2.46. The summed E-state index contributed by atoms with van der Waals surface area (Å²) < 4.78 is 0. The molecule has 0 aliphatic heterocycles. The third kappa shape index (κ3) is 2.58. The molecule has 0 amide bonds. The van der Waals surface area contributed by atoms with Gasteiger partial charge in [-0.2, -0.15) is 0 Å². The molecule has 1 nitrogen and oxygen atoms in total. The third-order valence-corrected chi connectivity index (χ3v) is 2.65. The Balaban J connectivity index is 2.85. The Bertz CT molecular complexity index is 303. The van der Waals surface area contributed by atoms with Crippen LogP contribution in [0.2, 0.25) is 0 Å². The molecule has 76 valence electrons. The van der Waals surface area contributed by atoms with Gasteiger partial charge in [-0.3, -0.25) is 0 Å². The number of alkyl halides is 1. The maximum Gasteiger partial charge on any atom is 0.0442 e. The number of halogens is 1. The molecule has 0 atom stereocenters. The van der Waals surface area contributed by atoms with Gasteiger partial charge in [0.1, 0.15) is 0 Å². The normalized spacial score (nSPS) is 11.4. The fraction of sp³-hybridized carbons (Fsp3) is 0.417. The predicted octanol–water partition coefficient (Wildman–Crippen LogP) is 3.71. The average molecular weight is 210 g/mol. The number of rotatable bonds is 4. The second-order valence-corrected chi connectivity index (χ2v) is 4.44. The molecule has 0 unspecified atom stereocenters. The summed E-state index contributed by atoms with van der Waals surface area (Å²) in [6, 6.07) is 9.82. The van der Waals surface area contributed by atoms with Crippen molar-refractivity contribution >= 4 is 17.3 Å². The summed E-state index contributed by atoms with van der Waals surface area (Å²) in [6.45, 7) is 4.12. The molecule has 0 saturated heterocycles. The van der Waals surface area contributed by atoms with Crippen molar-refractivity contribution in [1.29, 1.82) is 5.41 Å². The van der Waals surface area contributed by atoms with Crippen LogP contribution in [0.4, 0.5) is 0 Å². The second kappa shape index (κ2) is 4.61. The van der Waals surface area contributed by atoms with E-state index in [9.17, 15) is 0 Å². The lowest BCUT2D eigenvalue weighted by Crippen LogP contribution is -2.24. The summed E-state index contributed by atoms with van der Waals surface area (Å²) in [5, 5.41) is 8.08. The van der Waals surface area contributed by atoms with Crippen molar-refractivity contribution in [3.8, 4) is 0 Å². The highest BCUT2D eigenvalue weighted by atomic mass is 35.5. The highest BCUT2D eigenvalue weighted by Gasteiger charge is 2.23. The fourth-order valence-corrected chi connectivity index (χ4v) is 1.83. The zero-order valence-electron chi connectivity index (χ0n) is 8.68. The van der Waals surface area contributed by atoms with E-state index in [1.807, 2.05) is 30.3 Å². The number of nitrogens with one attached hydrogen (secondary N) is 1. The summed E-state index contributed by atoms with van der Waals surface area (Å²) >= 11 is 5.72. The van der Waals surface area contributed by atoms with Crippen LogP contribution >= 0.6 is 11.6 Å². The van der Waals surface area contributed by atoms with Crippen molar-refractivity contribution < 1.29 is 0 Å². The predicted molar refractivity (Wildman–Crippen MR) is 62.4 cm³/mol. The van der Waals surface area contributed by atoms with E-state index in [1.165, 1.54) is 0 Å². The minimum absolute atomic E-state index is 0.136. The van der Waals surface area contributed by atoms with E-state index in [1.54, 1.807) is 0 Å². The lowest BCUT2D eigenvalue weighted by atomic mass is 9.81. The van der Waals surface area contributed by atoms with Crippen LogP contribution in [0.5, 0.6) is 0 Å². The lowest BCUT2D eigenvalue weighted by molar-refractivity contribution is 0.504. The molecule has 1 rings (SSSR count). The summed E-state index contributed by atoms with van der Waals surface area (Å²) in [7, 11) is 0. The van der Waals surface area contributed by atoms with E-state index in [-0.39, 0.29) is 5.41 Å². The topological polar surface area (TPSA) is 23.9 Å². The van der Waals surface area contributed by atoms with Crippen molar-refractivity contribution in [2.45, 2.75) is 20.3 Å². The average Bonchev–Trinajstić information content (AvgIpc) is 2.18. The minimum atomic E-state index is -0.136. The van der Waals surface area contributed by atoms with Gasteiger partial charge in [-0.25, -0.2) is 0 Å². The van der Waals surface area contributed by atoms with Crippen LogP contribution in [0.1, 0.15) is 25.8 Å². The van der Waals surface area contributed by atoms with Gasteiger partial charge >= 0.3 is 0 Å². The van der Waals surface area contributed by atoms with E-state index < -0.39 is 0 Å². The molecule has 0 aliphatic rings. The van der Waals surface area contributed by atoms with Crippen LogP contribution in [0.15, 0.2) is 30.3 Å². The minimum Gasteiger partial charge on any atom is -0.304 e. The van der Waals surface area contributed by atoms with Gasteiger partial charge in [0.2, 0.25) is 0 Å². The maximum absolute atomic E-state index is 8.08. The van der Waals surface area contributed by atoms with Gasteiger partial charge in [0.05, 0.1) is 0 Å². The number of benzene rings is 1. The molecule has 1 N–H and O–H groups in total. The van der Waals surface area contributed by atoms with Crippen molar-refractivity contribution in [2.24, 2.45) is 5.41 Å². The summed E-state index contributed by atoms with van der Waals surface area (Å²) in [5.74, 6) is 0.599. The SMILES string of the molecule is CC(C)(CCCl)C(=N)c1ccccc1. The Hall–Kier alpha value is -0.820. The molecule has 1 aromatic carbocycles. The van der Waals surface area contributed by atoms with Crippen LogP contribution in [-0.4, -0.2) is 11.6 Å². The number of hydrogen-bond donors (Lipinski definition) is 1. The maximum atomic E-state index is 8.08. The Morgan fingerprint density at radius 3 is 2.36 bits per heavy atom. The van der Waals surface area contributed by atoms with Crippen molar-refractivity contribution in [2.75, 3.05) is 5.88 Å². The molecular weight excluding hydrogens is 194 g/mol. The van der Waals surface area contributed by atoms with E-state index in [0.717, 1.165) is 12.0 Å². The molecular formula is C12H16ClN. The fourth-order valence-electron chi connectivity index (χ4n) is 1.36. The molecule has 1 aromatic rings. The van der Waals surface area contributed by atoms with Crippen LogP contribution in [0, 0.1) is 10.8 Å². The van der Waals surface area contributed by atoms with E-state index in [4.69, 9.17) is 17.0 Å². The smallest absolute Gasteiger partial charge is 0.0442 e. The Morgan fingerprint density at radius 2 is 1.86 bits per heavy atom.